The molecule has 0 radical (unpaired) electrons. The maximum Gasteiger partial charge on any atom is 0.229 e. The van der Waals surface area contributed by atoms with Gasteiger partial charge in [0.15, 0.2) is 0 Å². The first-order valence-corrected chi connectivity index (χ1v) is 11.1. The molecule has 7 heteroatoms. The zero-order valence-corrected chi connectivity index (χ0v) is 18.0. The molecule has 2 saturated heterocycles. The summed E-state index contributed by atoms with van der Waals surface area (Å²) in [6, 6.07) is 1.85. The SMILES string of the molecule is CCCCC(C)(CCCN1C(=O)CCCC1=O)N1CCN(c2ncccn2)CC1. The Morgan fingerprint density at radius 3 is 2.21 bits per heavy atom. The first kappa shape index (κ1) is 21.7. The molecule has 160 valence electrons. The average Bonchev–Trinajstić information content (AvgIpc) is 2.75. The van der Waals surface area contributed by atoms with Crippen LogP contribution in [-0.2, 0) is 9.59 Å². The second-order valence-electron chi connectivity index (χ2n) is 8.52. The van der Waals surface area contributed by atoms with Crippen LogP contribution in [0.3, 0.4) is 0 Å². The lowest BCUT2D eigenvalue weighted by molar-refractivity contribution is -0.148. The van der Waals surface area contributed by atoms with Gasteiger partial charge in [0.1, 0.15) is 0 Å². The lowest BCUT2D eigenvalue weighted by Crippen LogP contribution is -2.56. The van der Waals surface area contributed by atoms with E-state index in [1.165, 1.54) is 17.7 Å². The van der Waals surface area contributed by atoms with Gasteiger partial charge < -0.3 is 4.90 Å². The Bertz CT molecular complexity index is 659. The first-order valence-electron chi connectivity index (χ1n) is 11.1. The average molecular weight is 402 g/mol. The van der Waals surface area contributed by atoms with Crippen LogP contribution in [0.15, 0.2) is 18.5 Å². The summed E-state index contributed by atoms with van der Waals surface area (Å²) in [4.78, 5) is 39.3. The van der Waals surface area contributed by atoms with Gasteiger partial charge in [-0.15, -0.1) is 0 Å². The van der Waals surface area contributed by atoms with Crippen molar-refractivity contribution in [2.45, 2.75) is 70.8 Å². The van der Waals surface area contributed by atoms with E-state index in [0.717, 1.165) is 51.4 Å². The number of carbonyl (C=O) groups is 2. The summed E-state index contributed by atoms with van der Waals surface area (Å²) >= 11 is 0. The number of aromatic nitrogens is 2. The molecule has 3 rings (SSSR count). The minimum atomic E-state index is 0.00740. The number of anilines is 1. The third-order valence-electron chi connectivity index (χ3n) is 6.43. The van der Waals surface area contributed by atoms with E-state index in [1.807, 2.05) is 6.07 Å². The fraction of sp³-hybridized carbons (Fsp3) is 0.727. The number of rotatable bonds is 9. The zero-order valence-electron chi connectivity index (χ0n) is 18.0. The maximum absolute atomic E-state index is 12.1. The fourth-order valence-corrected chi connectivity index (χ4v) is 4.57. The summed E-state index contributed by atoms with van der Waals surface area (Å²) < 4.78 is 0. The van der Waals surface area contributed by atoms with Crippen molar-refractivity contribution in [3.05, 3.63) is 18.5 Å². The number of piperazine rings is 1. The van der Waals surface area contributed by atoms with E-state index in [-0.39, 0.29) is 17.4 Å². The van der Waals surface area contributed by atoms with Crippen LogP contribution in [0.5, 0.6) is 0 Å². The highest BCUT2D eigenvalue weighted by molar-refractivity contribution is 5.97. The van der Waals surface area contributed by atoms with Crippen LogP contribution in [-0.4, -0.2) is 69.8 Å². The van der Waals surface area contributed by atoms with Gasteiger partial charge in [-0.2, -0.15) is 0 Å². The molecule has 1 aromatic heterocycles. The van der Waals surface area contributed by atoms with Crippen LogP contribution in [0.4, 0.5) is 5.95 Å². The van der Waals surface area contributed by atoms with Gasteiger partial charge in [0.2, 0.25) is 17.8 Å². The summed E-state index contributed by atoms with van der Waals surface area (Å²) in [5, 5.41) is 0. The number of nitrogens with zero attached hydrogens (tertiary/aromatic N) is 5. The second-order valence-corrected chi connectivity index (χ2v) is 8.52. The van der Waals surface area contributed by atoms with Crippen LogP contribution in [0, 0.1) is 0 Å². The van der Waals surface area contributed by atoms with Crippen LogP contribution >= 0.6 is 0 Å². The minimum absolute atomic E-state index is 0.00740. The fourth-order valence-electron chi connectivity index (χ4n) is 4.57. The Hall–Kier alpha value is -2.02. The highest BCUT2D eigenvalue weighted by atomic mass is 16.2. The molecule has 2 fully saturated rings. The van der Waals surface area contributed by atoms with Crippen LogP contribution in [0.1, 0.15) is 65.2 Å². The molecule has 1 unspecified atom stereocenters. The van der Waals surface area contributed by atoms with E-state index in [1.54, 1.807) is 12.4 Å². The third-order valence-corrected chi connectivity index (χ3v) is 6.43. The normalized spacial score (nSPS) is 20.8. The van der Waals surface area contributed by atoms with E-state index < -0.39 is 0 Å². The molecule has 29 heavy (non-hydrogen) atoms. The smallest absolute Gasteiger partial charge is 0.229 e. The van der Waals surface area contributed by atoms with E-state index in [9.17, 15) is 9.59 Å². The molecule has 0 bridgehead atoms. The number of unbranched alkanes of at least 4 members (excludes halogenated alkanes) is 1. The van der Waals surface area contributed by atoms with Crippen LogP contribution in [0.25, 0.3) is 0 Å². The van der Waals surface area contributed by atoms with Crippen molar-refractivity contribution in [2.24, 2.45) is 0 Å². The lowest BCUT2D eigenvalue weighted by Gasteiger charge is -2.46. The van der Waals surface area contributed by atoms with Crippen molar-refractivity contribution >= 4 is 17.8 Å². The molecule has 0 aromatic carbocycles. The summed E-state index contributed by atoms with van der Waals surface area (Å²) in [5.41, 5.74) is 0.0987. The Morgan fingerprint density at radius 1 is 0.966 bits per heavy atom. The number of likely N-dealkylation sites (tertiary alicyclic amines) is 1. The highest BCUT2D eigenvalue weighted by Gasteiger charge is 2.34. The van der Waals surface area contributed by atoms with Gasteiger partial charge in [0.25, 0.3) is 0 Å². The molecule has 2 aliphatic heterocycles. The standard InChI is InChI=1S/C22H35N5O2/c1-3-4-10-22(2,11-6-14-27-19(28)8-5-9-20(27)29)26-17-15-25(16-18-26)21-23-12-7-13-24-21/h7,12-13H,3-6,8-11,14-18H2,1-2H3. The molecule has 2 amide bonds. The van der Waals surface area contributed by atoms with Crippen LogP contribution < -0.4 is 4.90 Å². The first-order chi connectivity index (χ1) is 14.0. The molecular formula is C22H35N5O2. The highest BCUT2D eigenvalue weighted by Crippen LogP contribution is 2.30. The molecular weight excluding hydrogens is 366 g/mol. The molecule has 0 saturated carbocycles. The second kappa shape index (κ2) is 10.1. The topological polar surface area (TPSA) is 69.6 Å². The van der Waals surface area contributed by atoms with Crippen molar-refractivity contribution in [2.75, 3.05) is 37.6 Å². The number of imide groups is 1. The molecule has 7 nitrogen and oxygen atoms in total. The zero-order chi connectivity index (χ0) is 20.7. The van der Waals surface area contributed by atoms with Gasteiger partial charge in [0, 0.05) is 63.5 Å². The van der Waals surface area contributed by atoms with E-state index in [2.05, 4.69) is 33.6 Å². The summed E-state index contributed by atoms with van der Waals surface area (Å²) in [6.45, 7) is 8.98. The van der Waals surface area contributed by atoms with Gasteiger partial charge in [-0.25, -0.2) is 9.97 Å². The molecule has 0 spiro atoms. The predicted molar refractivity (Wildman–Crippen MR) is 114 cm³/mol. The van der Waals surface area contributed by atoms with Gasteiger partial charge in [0.05, 0.1) is 0 Å². The largest absolute Gasteiger partial charge is 0.338 e. The number of piperidine rings is 1. The molecule has 1 atom stereocenters. The van der Waals surface area contributed by atoms with Gasteiger partial charge >= 0.3 is 0 Å². The van der Waals surface area contributed by atoms with E-state index in [0.29, 0.717) is 25.8 Å². The Kier molecular flexibility index (Phi) is 7.58. The Balaban J connectivity index is 1.56. The van der Waals surface area contributed by atoms with Gasteiger partial charge in [-0.1, -0.05) is 19.8 Å². The summed E-state index contributed by atoms with van der Waals surface area (Å²) in [5.74, 6) is 0.825. The Morgan fingerprint density at radius 2 is 1.59 bits per heavy atom. The minimum Gasteiger partial charge on any atom is -0.338 e. The van der Waals surface area contributed by atoms with Crippen molar-refractivity contribution in [3.63, 3.8) is 0 Å². The van der Waals surface area contributed by atoms with Crippen LogP contribution in [0.2, 0.25) is 0 Å². The van der Waals surface area contributed by atoms with E-state index in [4.69, 9.17) is 0 Å². The molecule has 2 aliphatic rings. The van der Waals surface area contributed by atoms with Gasteiger partial charge in [-0.3, -0.25) is 19.4 Å². The molecule has 0 N–H and O–H groups in total. The maximum atomic E-state index is 12.1. The number of hydrogen-bond acceptors (Lipinski definition) is 6. The van der Waals surface area contributed by atoms with E-state index >= 15 is 0 Å². The van der Waals surface area contributed by atoms with Gasteiger partial charge in [-0.05, 0) is 38.7 Å². The third kappa shape index (κ3) is 5.53. The van der Waals surface area contributed by atoms with Crippen molar-refractivity contribution in [1.29, 1.82) is 0 Å². The number of amides is 2. The summed E-state index contributed by atoms with van der Waals surface area (Å²) in [7, 11) is 0. The monoisotopic (exact) mass is 401 g/mol. The van der Waals surface area contributed by atoms with Crippen molar-refractivity contribution in [1.82, 2.24) is 19.8 Å². The number of carbonyl (C=O) groups excluding carboxylic acids is 2. The summed E-state index contributed by atoms with van der Waals surface area (Å²) in [6.07, 6.45) is 10.7. The molecule has 3 heterocycles. The molecule has 1 aromatic rings. The predicted octanol–water partition coefficient (Wildman–Crippen LogP) is 2.87. The Labute approximate surface area is 174 Å². The lowest BCUT2D eigenvalue weighted by atomic mass is 9.87. The number of hydrogen-bond donors (Lipinski definition) is 0. The molecule has 0 aliphatic carbocycles. The van der Waals surface area contributed by atoms with Crippen molar-refractivity contribution in [3.8, 4) is 0 Å². The van der Waals surface area contributed by atoms with Crippen molar-refractivity contribution < 1.29 is 9.59 Å². The quantitative estimate of drug-likeness (QED) is 0.593.